The molecule has 10 aromatic heterocycles. The van der Waals surface area contributed by atoms with E-state index in [2.05, 4.69) is 162 Å². The monoisotopic (exact) mass is 1800 g/mol. The van der Waals surface area contributed by atoms with Gasteiger partial charge in [-0.2, -0.15) is 9.98 Å². The third kappa shape index (κ3) is 24.8. The van der Waals surface area contributed by atoms with E-state index in [1.165, 1.54) is 348 Å². The molecular weight excluding hydrogens is 1680 g/mol. The Balaban J connectivity index is 0.843. The molecule has 0 radical (unpaired) electrons. The smallest absolute Gasteiger partial charge is 0.287 e. The zero-order valence-electron chi connectivity index (χ0n) is 71.4. The van der Waals surface area contributed by atoms with E-state index in [9.17, 15) is 9.59 Å². The fourth-order valence-corrected chi connectivity index (χ4v) is 29.8. The summed E-state index contributed by atoms with van der Waals surface area (Å²) in [6.07, 6.45) is 52.9. The van der Waals surface area contributed by atoms with Gasteiger partial charge in [-0.15, -0.1) is 113 Å². The van der Waals surface area contributed by atoms with Crippen LogP contribution in [0.3, 0.4) is 0 Å². The first-order valence-corrected chi connectivity index (χ1v) is 54.9. The standard InChI is InChI=1S/C100H124N2O4S12/c1-9-15-21-27-33-39-45-69-59-73(63-87-97(103)101-99(117-87)105-57-43-37-31-25-19-13-5)109-91(69)79-53-55-81(111-79)93-71(47-41-35-29-23-17-11-3)61-83(113-93)85-65-75-89(77-51-49-67(7)107-77)96-76(90(95(75)115-85)78-52-50-68(8)108-78)66-86(116-96)84-62-72(48-42-36-30-24-18-12-4)94(114-84)82-56-54-80(112-82)92-70(46-40-34-28-22-16-10-2)60-74(110-92)64-88-98(104)102-100(118-88)106-58-44-38-32-26-20-14-6/h49-56,59-66H,9-48,57-58H2,1-8H3/b87-63-,88-64-. The zero-order chi connectivity index (χ0) is 82.0. The van der Waals surface area contributed by atoms with E-state index >= 15 is 0 Å². The topological polar surface area (TPSA) is 77.3 Å². The molecule has 0 atom stereocenters. The van der Waals surface area contributed by atoms with Crippen LogP contribution in [-0.4, -0.2) is 35.5 Å². The Hall–Kier alpha value is -4.80. The molecule has 13 rings (SSSR count). The van der Waals surface area contributed by atoms with Gasteiger partial charge in [-0.3, -0.25) is 9.59 Å². The molecule has 630 valence electrons. The molecule has 0 N–H and O–H groups in total. The first kappa shape index (κ1) is 90.9. The molecular formula is C100H124N2O4S12. The highest BCUT2D eigenvalue weighted by Gasteiger charge is 2.30. The molecule has 0 unspecified atom stereocenters. The number of thiophene rings is 10. The lowest BCUT2D eigenvalue weighted by Crippen LogP contribution is -1.99. The fraction of sp³-hybridized carbons (Fsp3) is 0.500. The van der Waals surface area contributed by atoms with Crippen LogP contribution in [0.2, 0.25) is 0 Å². The van der Waals surface area contributed by atoms with Crippen LogP contribution in [0.5, 0.6) is 0 Å². The van der Waals surface area contributed by atoms with E-state index in [4.69, 9.17) is 9.47 Å². The van der Waals surface area contributed by atoms with Crippen molar-refractivity contribution >= 4 is 191 Å². The molecule has 118 heavy (non-hydrogen) atoms. The second-order valence-corrected chi connectivity index (χ2v) is 45.5. The van der Waals surface area contributed by atoms with E-state index in [1.54, 1.807) is 0 Å². The predicted molar refractivity (Wildman–Crippen MR) is 536 cm³/mol. The average molecular weight is 1800 g/mol. The van der Waals surface area contributed by atoms with Gasteiger partial charge in [0.05, 0.1) is 23.0 Å². The van der Waals surface area contributed by atoms with Crippen molar-refractivity contribution in [2.75, 3.05) is 13.2 Å². The number of amides is 2. The first-order valence-electron chi connectivity index (χ1n) is 45.1. The van der Waals surface area contributed by atoms with Gasteiger partial charge in [0.2, 0.25) is 0 Å². The van der Waals surface area contributed by atoms with Crippen LogP contribution in [0, 0.1) is 13.8 Å². The highest BCUT2D eigenvalue weighted by atomic mass is 32.2. The van der Waals surface area contributed by atoms with E-state index in [0.29, 0.717) is 33.5 Å². The molecule has 0 bridgehead atoms. The second kappa shape index (κ2) is 47.3. The quantitative estimate of drug-likeness (QED) is 0.0279. The SMILES string of the molecule is CCCCCCCCOC1=NC(=O)/C(=C/c2cc(CCCCCCCC)c(-c3ccc(-c4sc(-c5cc6c(-c7ccc(C)s7)c7sc(-c8cc(CCCCCCCC)c(-c9ccc(-c%10sc(/C=C%11\SC(OCCCCCCCC)=NC%11=O)cc%10CCCCCCCC)s9)s8)cc7c(-c7ccc(C)s7)c6s5)cc4CCCCCCCC)s3)s2)S1. The summed E-state index contributed by atoms with van der Waals surface area (Å²) < 4.78 is 15.0. The summed E-state index contributed by atoms with van der Waals surface area (Å²) in [5.41, 5.74) is 8.49. The number of aryl methyl sites for hydroxylation is 6. The Morgan fingerprint density at radius 1 is 0.288 bits per heavy atom. The second-order valence-electron chi connectivity index (χ2n) is 32.4. The Kier molecular flexibility index (Phi) is 36.5. The summed E-state index contributed by atoms with van der Waals surface area (Å²) in [7, 11) is 0. The first-order chi connectivity index (χ1) is 57.9. The van der Waals surface area contributed by atoms with Crippen LogP contribution >= 0.6 is 137 Å². The molecule has 0 fully saturated rings. The minimum absolute atomic E-state index is 0.189. The van der Waals surface area contributed by atoms with Gasteiger partial charge in [0, 0.05) is 119 Å². The van der Waals surface area contributed by atoms with Crippen LogP contribution in [0.25, 0.3) is 112 Å². The normalized spacial score (nSPS) is 13.9. The lowest BCUT2D eigenvalue weighted by atomic mass is 9.99. The Morgan fingerprint density at radius 3 is 0.898 bits per heavy atom. The highest BCUT2D eigenvalue weighted by Crippen LogP contribution is 2.57. The van der Waals surface area contributed by atoms with Crippen molar-refractivity contribution in [1.29, 1.82) is 0 Å². The number of carbonyl (C=O) groups is 2. The number of thioether (sulfide) groups is 2. The third-order valence-corrected chi connectivity index (χ3v) is 36.7. The van der Waals surface area contributed by atoms with Gasteiger partial charge in [0.15, 0.2) is 0 Å². The van der Waals surface area contributed by atoms with Crippen LogP contribution in [0.15, 0.2) is 105 Å². The lowest BCUT2D eigenvalue weighted by Gasteiger charge is -2.09. The number of unbranched alkanes of at least 4 members (excludes halogenated alkanes) is 30. The van der Waals surface area contributed by atoms with Gasteiger partial charge < -0.3 is 9.47 Å². The zero-order valence-corrected chi connectivity index (χ0v) is 81.2. The molecule has 2 amide bonds. The number of benzene rings is 1. The summed E-state index contributed by atoms with van der Waals surface area (Å²) in [6, 6.07) is 34.3. The Labute approximate surface area is 754 Å². The fourth-order valence-electron chi connectivity index (χ4n) is 16.2. The van der Waals surface area contributed by atoms with E-state index < -0.39 is 0 Å². The minimum atomic E-state index is -0.189. The van der Waals surface area contributed by atoms with Crippen molar-refractivity contribution in [2.24, 2.45) is 9.98 Å². The molecule has 0 saturated heterocycles. The predicted octanol–water partition coefficient (Wildman–Crippen LogP) is 36.9. The highest BCUT2D eigenvalue weighted by molar-refractivity contribution is 8.18. The van der Waals surface area contributed by atoms with Crippen LogP contribution in [-0.2, 0) is 44.7 Å². The summed E-state index contributed by atoms with van der Waals surface area (Å²) in [4.78, 5) is 60.9. The van der Waals surface area contributed by atoms with Crippen molar-refractivity contribution in [2.45, 2.75) is 312 Å². The maximum absolute atomic E-state index is 13.5. The minimum Gasteiger partial charge on any atom is -0.472 e. The molecule has 0 aliphatic carbocycles. The average Bonchev–Trinajstić information content (AvgIpc) is 1.56. The van der Waals surface area contributed by atoms with Crippen molar-refractivity contribution in [3.05, 3.63) is 137 Å². The van der Waals surface area contributed by atoms with Crippen molar-refractivity contribution in [3.63, 3.8) is 0 Å². The van der Waals surface area contributed by atoms with Gasteiger partial charge in [-0.25, -0.2) is 0 Å². The van der Waals surface area contributed by atoms with Crippen LogP contribution < -0.4 is 0 Å². The number of aliphatic imine (C=N–C) groups is 2. The van der Waals surface area contributed by atoms with E-state index in [0.717, 1.165) is 74.0 Å². The van der Waals surface area contributed by atoms with Gasteiger partial charge in [0.25, 0.3) is 22.3 Å². The van der Waals surface area contributed by atoms with E-state index in [-0.39, 0.29) is 11.8 Å². The molecule has 1 aromatic carbocycles. The lowest BCUT2D eigenvalue weighted by molar-refractivity contribution is -0.114. The number of ether oxygens (including phenoxy) is 2. The number of nitrogens with zero attached hydrogens (tertiary/aromatic N) is 2. The number of fused-ring (bicyclic) bond motifs is 2. The Morgan fingerprint density at radius 2 is 0.576 bits per heavy atom. The van der Waals surface area contributed by atoms with Gasteiger partial charge >= 0.3 is 0 Å². The van der Waals surface area contributed by atoms with Gasteiger partial charge in [0.1, 0.15) is 0 Å². The summed E-state index contributed by atoms with van der Waals surface area (Å²) in [6.45, 7) is 19.5. The molecule has 2 aliphatic rings. The van der Waals surface area contributed by atoms with Crippen LogP contribution in [0.1, 0.15) is 314 Å². The summed E-state index contributed by atoms with van der Waals surface area (Å²) in [5.74, 6) is -0.378. The summed E-state index contributed by atoms with van der Waals surface area (Å²) in [5, 5.41) is 3.71. The van der Waals surface area contributed by atoms with Gasteiger partial charge in [-0.05, 0) is 221 Å². The summed E-state index contributed by atoms with van der Waals surface area (Å²) >= 11 is 22.3. The maximum Gasteiger partial charge on any atom is 0.287 e. The maximum atomic E-state index is 13.5. The largest absolute Gasteiger partial charge is 0.472 e. The third-order valence-electron chi connectivity index (χ3n) is 22.7. The Bertz CT molecular complexity index is 4790. The number of hydrogen-bond acceptors (Lipinski definition) is 16. The molecule has 0 spiro atoms. The van der Waals surface area contributed by atoms with Crippen LogP contribution in [0.4, 0.5) is 0 Å². The van der Waals surface area contributed by atoms with Crippen molar-refractivity contribution in [1.82, 2.24) is 0 Å². The number of carbonyl (C=O) groups excluding carboxylic acids is 2. The van der Waals surface area contributed by atoms with E-state index in [1.807, 2.05) is 113 Å². The number of rotatable bonds is 52. The molecule has 12 heterocycles. The molecule has 18 heteroatoms. The molecule has 2 aliphatic heterocycles. The van der Waals surface area contributed by atoms with Gasteiger partial charge in [-0.1, -0.05) is 234 Å². The van der Waals surface area contributed by atoms with Crippen molar-refractivity contribution < 1.29 is 19.1 Å². The molecule has 11 aromatic rings. The number of hydrogen-bond donors (Lipinski definition) is 0. The molecule has 6 nitrogen and oxygen atoms in total. The van der Waals surface area contributed by atoms with Crippen molar-refractivity contribution in [3.8, 4) is 79.4 Å². The molecule has 0 saturated carbocycles.